The van der Waals surface area contributed by atoms with Crippen LogP contribution in [0.2, 0.25) is 0 Å². The van der Waals surface area contributed by atoms with Crippen LogP contribution < -0.4 is 10.6 Å². The van der Waals surface area contributed by atoms with Crippen LogP contribution in [0.15, 0.2) is 17.0 Å². The van der Waals surface area contributed by atoms with Crippen molar-refractivity contribution in [2.24, 2.45) is 5.92 Å². The van der Waals surface area contributed by atoms with Crippen molar-refractivity contribution in [3.05, 3.63) is 17.0 Å². The van der Waals surface area contributed by atoms with Crippen LogP contribution in [0.25, 0.3) is 0 Å². The summed E-state index contributed by atoms with van der Waals surface area (Å²) in [6.07, 6.45) is 3.77. The lowest BCUT2D eigenvalue weighted by Crippen LogP contribution is -2.18. The molecule has 1 aromatic rings. The Balaban J connectivity index is 1.88. The van der Waals surface area contributed by atoms with Crippen molar-refractivity contribution in [3.63, 3.8) is 0 Å². The number of anilines is 1. The zero-order chi connectivity index (χ0) is 10.7. The molecule has 0 aliphatic carbocycles. The SMILES string of the molecule is O=C1CC(CNc2ncncc2Br)CN1. The molecule has 1 unspecified atom stereocenters. The molecular weight excluding hydrogens is 260 g/mol. The highest BCUT2D eigenvalue weighted by Crippen LogP contribution is 2.18. The van der Waals surface area contributed by atoms with Gasteiger partial charge in [-0.25, -0.2) is 9.97 Å². The van der Waals surface area contributed by atoms with Crippen LogP contribution in [-0.4, -0.2) is 29.0 Å². The number of nitrogens with one attached hydrogen (secondary N) is 2. The Hall–Kier alpha value is -1.17. The van der Waals surface area contributed by atoms with E-state index in [-0.39, 0.29) is 5.91 Å². The summed E-state index contributed by atoms with van der Waals surface area (Å²) in [5, 5.41) is 5.98. The van der Waals surface area contributed by atoms with Crippen LogP contribution >= 0.6 is 15.9 Å². The smallest absolute Gasteiger partial charge is 0.220 e. The van der Waals surface area contributed by atoms with Crippen LogP contribution in [0.3, 0.4) is 0 Å². The summed E-state index contributed by atoms with van der Waals surface area (Å²) in [5.74, 6) is 1.24. The Morgan fingerprint density at radius 2 is 2.53 bits per heavy atom. The fourth-order valence-corrected chi connectivity index (χ4v) is 1.85. The molecule has 0 aromatic carbocycles. The normalized spacial score (nSPS) is 20.1. The van der Waals surface area contributed by atoms with E-state index in [1.807, 2.05) is 0 Å². The van der Waals surface area contributed by atoms with Crippen molar-refractivity contribution in [2.45, 2.75) is 6.42 Å². The van der Waals surface area contributed by atoms with Crippen LogP contribution in [-0.2, 0) is 4.79 Å². The summed E-state index contributed by atoms with van der Waals surface area (Å²) in [6, 6.07) is 0. The van der Waals surface area contributed by atoms with Crippen molar-refractivity contribution in [1.29, 1.82) is 0 Å². The second kappa shape index (κ2) is 4.57. The first-order valence-corrected chi connectivity index (χ1v) is 5.51. The molecule has 1 amide bonds. The summed E-state index contributed by atoms with van der Waals surface area (Å²) in [5.41, 5.74) is 0. The maximum atomic E-state index is 11.0. The Morgan fingerprint density at radius 3 is 3.20 bits per heavy atom. The third-order valence-corrected chi connectivity index (χ3v) is 2.87. The van der Waals surface area contributed by atoms with E-state index >= 15 is 0 Å². The zero-order valence-corrected chi connectivity index (χ0v) is 9.62. The van der Waals surface area contributed by atoms with Crippen LogP contribution in [0.5, 0.6) is 0 Å². The molecule has 1 aliphatic rings. The van der Waals surface area contributed by atoms with Gasteiger partial charge in [0.2, 0.25) is 5.91 Å². The summed E-state index contributed by atoms with van der Waals surface area (Å²) >= 11 is 3.35. The fourth-order valence-electron chi connectivity index (χ4n) is 1.49. The molecule has 0 radical (unpaired) electrons. The lowest BCUT2D eigenvalue weighted by molar-refractivity contribution is -0.119. The monoisotopic (exact) mass is 270 g/mol. The average molecular weight is 271 g/mol. The van der Waals surface area contributed by atoms with Gasteiger partial charge in [0.15, 0.2) is 0 Å². The molecular formula is C9H11BrN4O. The van der Waals surface area contributed by atoms with Gasteiger partial charge in [-0.15, -0.1) is 0 Å². The number of carbonyl (C=O) groups is 1. The van der Waals surface area contributed by atoms with Gasteiger partial charge in [-0.2, -0.15) is 0 Å². The fraction of sp³-hybridized carbons (Fsp3) is 0.444. The predicted molar refractivity (Wildman–Crippen MR) is 59.3 cm³/mol. The van der Waals surface area contributed by atoms with Crippen molar-refractivity contribution < 1.29 is 4.79 Å². The van der Waals surface area contributed by atoms with Gasteiger partial charge in [0.1, 0.15) is 12.1 Å². The molecule has 2 N–H and O–H groups in total. The first kappa shape index (κ1) is 10.4. The quantitative estimate of drug-likeness (QED) is 0.852. The number of nitrogens with zero attached hydrogens (tertiary/aromatic N) is 2. The van der Waals surface area contributed by atoms with Gasteiger partial charge < -0.3 is 10.6 Å². The van der Waals surface area contributed by atoms with Crippen LogP contribution in [0.4, 0.5) is 5.82 Å². The van der Waals surface area contributed by atoms with E-state index in [1.54, 1.807) is 6.20 Å². The van der Waals surface area contributed by atoms with E-state index in [4.69, 9.17) is 0 Å². The van der Waals surface area contributed by atoms with Crippen molar-refractivity contribution in [1.82, 2.24) is 15.3 Å². The molecule has 6 heteroatoms. The first-order chi connectivity index (χ1) is 7.25. The van der Waals surface area contributed by atoms with Crippen molar-refractivity contribution in [2.75, 3.05) is 18.4 Å². The second-order valence-electron chi connectivity index (χ2n) is 3.47. The van der Waals surface area contributed by atoms with E-state index in [9.17, 15) is 4.79 Å². The Labute approximate surface area is 95.8 Å². The van der Waals surface area contributed by atoms with Gasteiger partial charge in [-0.1, -0.05) is 0 Å². The molecule has 1 fully saturated rings. The van der Waals surface area contributed by atoms with Gasteiger partial charge in [0, 0.05) is 31.6 Å². The topological polar surface area (TPSA) is 66.9 Å². The number of rotatable bonds is 3. The van der Waals surface area contributed by atoms with Gasteiger partial charge in [-0.05, 0) is 15.9 Å². The minimum absolute atomic E-state index is 0.128. The molecule has 5 nitrogen and oxygen atoms in total. The van der Waals surface area contributed by atoms with E-state index in [0.717, 1.165) is 23.4 Å². The highest BCUT2D eigenvalue weighted by molar-refractivity contribution is 9.10. The second-order valence-corrected chi connectivity index (χ2v) is 4.33. The molecule has 15 heavy (non-hydrogen) atoms. The van der Waals surface area contributed by atoms with E-state index in [1.165, 1.54) is 6.33 Å². The molecule has 0 spiro atoms. The summed E-state index contributed by atoms with van der Waals surface area (Å²) in [7, 11) is 0. The molecule has 1 saturated heterocycles. The lowest BCUT2D eigenvalue weighted by atomic mass is 10.1. The Bertz CT molecular complexity index is 371. The van der Waals surface area contributed by atoms with Gasteiger partial charge in [0.05, 0.1) is 4.47 Å². The molecule has 0 bridgehead atoms. The summed E-state index contributed by atoms with van der Waals surface area (Å²) < 4.78 is 0.835. The Kier molecular flexibility index (Phi) is 3.15. The number of halogens is 1. The van der Waals surface area contributed by atoms with Gasteiger partial charge in [-0.3, -0.25) is 4.79 Å². The van der Waals surface area contributed by atoms with Crippen molar-refractivity contribution in [3.8, 4) is 0 Å². The first-order valence-electron chi connectivity index (χ1n) is 4.72. The molecule has 0 saturated carbocycles. The summed E-state index contributed by atoms with van der Waals surface area (Å²) in [6.45, 7) is 1.49. The molecule has 2 heterocycles. The van der Waals surface area contributed by atoms with Crippen molar-refractivity contribution >= 4 is 27.7 Å². The number of carbonyl (C=O) groups excluding carboxylic acids is 1. The third-order valence-electron chi connectivity index (χ3n) is 2.29. The summed E-state index contributed by atoms with van der Waals surface area (Å²) in [4.78, 5) is 18.9. The van der Waals surface area contributed by atoms with E-state index < -0.39 is 0 Å². The van der Waals surface area contributed by atoms with Gasteiger partial charge >= 0.3 is 0 Å². The average Bonchev–Trinajstić information content (AvgIpc) is 2.63. The number of aromatic nitrogens is 2. The molecule has 1 aromatic heterocycles. The Morgan fingerprint density at radius 1 is 1.67 bits per heavy atom. The predicted octanol–water partition coefficient (Wildman–Crippen LogP) is 0.787. The van der Waals surface area contributed by atoms with Crippen LogP contribution in [0, 0.1) is 5.92 Å². The minimum Gasteiger partial charge on any atom is -0.369 e. The highest BCUT2D eigenvalue weighted by atomic mass is 79.9. The molecule has 80 valence electrons. The third kappa shape index (κ3) is 2.65. The number of amides is 1. The lowest BCUT2D eigenvalue weighted by Gasteiger charge is -2.10. The number of hydrogen-bond acceptors (Lipinski definition) is 4. The van der Waals surface area contributed by atoms with Gasteiger partial charge in [0.25, 0.3) is 0 Å². The largest absolute Gasteiger partial charge is 0.369 e. The maximum Gasteiger partial charge on any atom is 0.220 e. The molecule has 2 rings (SSSR count). The number of hydrogen-bond donors (Lipinski definition) is 2. The minimum atomic E-state index is 0.128. The maximum absolute atomic E-state index is 11.0. The van der Waals surface area contributed by atoms with Crippen LogP contribution in [0.1, 0.15) is 6.42 Å². The molecule has 1 atom stereocenters. The standard InChI is InChI=1S/C9H11BrN4O/c10-7-4-11-5-14-9(7)13-3-6-1-8(15)12-2-6/h4-6H,1-3H2,(H,12,15)(H,11,13,14). The molecule has 1 aliphatic heterocycles. The van der Waals surface area contributed by atoms with E-state index in [0.29, 0.717) is 12.3 Å². The highest BCUT2D eigenvalue weighted by Gasteiger charge is 2.21. The van der Waals surface area contributed by atoms with E-state index in [2.05, 4.69) is 36.5 Å². The zero-order valence-electron chi connectivity index (χ0n) is 8.03.